The number of alkyl halides is 1. The number of hydrogen-bond donors (Lipinski definition) is 0. The van der Waals surface area contributed by atoms with Gasteiger partial charge in [0.1, 0.15) is 5.82 Å². The number of carbonyl (C=O) groups excluding carboxylic acids is 1. The summed E-state index contributed by atoms with van der Waals surface area (Å²) in [5, 5.41) is 0. The summed E-state index contributed by atoms with van der Waals surface area (Å²) >= 11 is 5.77. The van der Waals surface area contributed by atoms with Crippen molar-refractivity contribution in [2.24, 2.45) is 5.92 Å². The van der Waals surface area contributed by atoms with Gasteiger partial charge < -0.3 is 4.90 Å². The molecule has 0 fully saturated rings. The molecule has 0 bridgehead atoms. The second kappa shape index (κ2) is 5.05. The Balaban J connectivity index is 2.30. The highest BCUT2D eigenvalue weighted by Gasteiger charge is 2.25. The first kappa shape index (κ1) is 12.4. The van der Waals surface area contributed by atoms with Crippen LogP contribution in [0.1, 0.15) is 18.9 Å². The van der Waals surface area contributed by atoms with E-state index in [9.17, 15) is 9.18 Å². The van der Waals surface area contributed by atoms with Gasteiger partial charge in [-0.15, -0.1) is 11.6 Å². The fraction of sp³-hybridized carbons (Fsp3) is 0.462. The minimum atomic E-state index is -0.247. The predicted octanol–water partition coefficient (Wildman–Crippen LogP) is 2.98. The summed E-state index contributed by atoms with van der Waals surface area (Å²) in [6.07, 6.45) is 1.07. The van der Waals surface area contributed by atoms with Crippen molar-refractivity contribution >= 4 is 23.2 Å². The maximum Gasteiger partial charge on any atom is 0.227 e. The Morgan fingerprint density at radius 2 is 2.24 bits per heavy atom. The number of hydrogen-bond acceptors (Lipinski definition) is 1. The van der Waals surface area contributed by atoms with Gasteiger partial charge in [-0.3, -0.25) is 4.79 Å². The third-order valence-corrected chi connectivity index (χ3v) is 3.53. The Hall–Kier alpha value is -1.09. The zero-order valence-corrected chi connectivity index (χ0v) is 10.5. The average molecular weight is 256 g/mol. The van der Waals surface area contributed by atoms with E-state index in [1.165, 1.54) is 12.1 Å². The number of carbonyl (C=O) groups is 1. The SMILES string of the molecule is CC(CCl)CN1C(=O)CCc2cc(F)ccc21. The summed E-state index contributed by atoms with van der Waals surface area (Å²) in [6.45, 7) is 2.60. The lowest BCUT2D eigenvalue weighted by Crippen LogP contribution is -2.38. The lowest BCUT2D eigenvalue weighted by atomic mass is 10.00. The number of amides is 1. The summed E-state index contributed by atoms with van der Waals surface area (Å²) in [6, 6.07) is 4.60. The van der Waals surface area contributed by atoms with Crippen molar-refractivity contribution in [1.82, 2.24) is 0 Å². The van der Waals surface area contributed by atoms with E-state index in [0.717, 1.165) is 11.3 Å². The molecule has 4 heteroatoms. The molecular formula is C13H15ClFNO. The molecule has 1 atom stereocenters. The smallest absolute Gasteiger partial charge is 0.227 e. The molecule has 1 aromatic rings. The van der Waals surface area contributed by atoms with E-state index in [1.807, 2.05) is 6.92 Å². The summed E-state index contributed by atoms with van der Waals surface area (Å²) in [7, 11) is 0. The number of rotatable bonds is 3. The van der Waals surface area contributed by atoms with Crippen LogP contribution in [0.2, 0.25) is 0 Å². The minimum absolute atomic E-state index is 0.0982. The van der Waals surface area contributed by atoms with Gasteiger partial charge in [-0.25, -0.2) is 4.39 Å². The van der Waals surface area contributed by atoms with Crippen LogP contribution in [0.3, 0.4) is 0 Å². The van der Waals surface area contributed by atoms with Gasteiger partial charge in [-0.2, -0.15) is 0 Å². The first-order valence-electron chi connectivity index (χ1n) is 5.76. The minimum Gasteiger partial charge on any atom is -0.312 e. The zero-order chi connectivity index (χ0) is 12.4. The molecule has 0 aliphatic carbocycles. The first-order valence-corrected chi connectivity index (χ1v) is 6.30. The molecule has 1 heterocycles. The van der Waals surface area contributed by atoms with Gasteiger partial charge in [0.2, 0.25) is 5.91 Å². The summed E-state index contributed by atoms with van der Waals surface area (Å²) in [5.74, 6) is 0.599. The Kier molecular flexibility index (Phi) is 3.67. The first-order chi connectivity index (χ1) is 8.11. The van der Waals surface area contributed by atoms with Crippen molar-refractivity contribution in [2.75, 3.05) is 17.3 Å². The van der Waals surface area contributed by atoms with Crippen molar-refractivity contribution in [3.8, 4) is 0 Å². The molecule has 1 aliphatic heterocycles. The third-order valence-electron chi connectivity index (χ3n) is 3.00. The molecule has 0 N–H and O–H groups in total. The largest absolute Gasteiger partial charge is 0.312 e. The number of benzene rings is 1. The molecule has 0 aromatic heterocycles. The fourth-order valence-electron chi connectivity index (χ4n) is 2.09. The molecule has 0 radical (unpaired) electrons. The molecule has 1 aliphatic rings. The van der Waals surface area contributed by atoms with Crippen molar-refractivity contribution in [1.29, 1.82) is 0 Å². The molecule has 0 saturated carbocycles. The van der Waals surface area contributed by atoms with Crippen LogP contribution in [0.25, 0.3) is 0 Å². The van der Waals surface area contributed by atoms with Crippen LogP contribution in [0.15, 0.2) is 18.2 Å². The van der Waals surface area contributed by atoms with Crippen LogP contribution in [0.5, 0.6) is 0 Å². The van der Waals surface area contributed by atoms with Crippen molar-refractivity contribution < 1.29 is 9.18 Å². The standard InChI is InChI=1S/C13H15ClFNO/c1-9(7-14)8-16-12-4-3-11(15)6-10(12)2-5-13(16)17/h3-4,6,9H,2,5,7-8H2,1H3. The molecule has 92 valence electrons. The Bertz CT molecular complexity index is 435. The Morgan fingerprint density at radius 1 is 1.47 bits per heavy atom. The topological polar surface area (TPSA) is 20.3 Å². The molecule has 17 heavy (non-hydrogen) atoms. The molecule has 1 unspecified atom stereocenters. The van der Waals surface area contributed by atoms with Crippen LogP contribution < -0.4 is 4.90 Å². The van der Waals surface area contributed by atoms with Gasteiger partial charge in [0.05, 0.1) is 0 Å². The van der Waals surface area contributed by atoms with E-state index in [1.54, 1.807) is 11.0 Å². The Morgan fingerprint density at radius 3 is 2.94 bits per heavy atom. The molecule has 2 rings (SSSR count). The van der Waals surface area contributed by atoms with E-state index in [4.69, 9.17) is 11.6 Å². The summed E-state index contributed by atoms with van der Waals surface area (Å²) in [5.41, 5.74) is 1.74. The van der Waals surface area contributed by atoms with Gasteiger partial charge in [0.15, 0.2) is 0 Å². The summed E-state index contributed by atoms with van der Waals surface area (Å²) < 4.78 is 13.1. The normalized spacial score (nSPS) is 16.9. The zero-order valence-electron chi connectivity index (χ0n) is 9.75. The van der Waals surface area contributed by atoms with Crippen LogP contribution in [-0.2, 0) is 11.2 Å². The average Bonchev–Trinajstić information content (AvgIpc) is 2.32. The fourth-order valence-corrected chi connectivity index (χ4v) is 2.19. The van der Waals surface area contributed by atoms with Gasteiger partial charge in [0.25, 0.3) is 0 Å². The van der Waals surface area contributed by atoms with E-state index in [2.05, 4.69) is 0 Å². The van der Waals surface area contributed by atoms with Gasteiger partial charge >= 0.3 is 0 Å². The quantitative estimate of drug-likeness (QED) is 0.761. The van der Waals surface area contributed by atoms with Crippen LogP contribution in [0.4, 0.5) is 10.1 Å². The van der Waals surface area contributed by atoms with E-state index in [0.29, 0.717) is 25.3 Å². The number of fused-ring (bicyclic) bond motifs is 1. The van der Waals surface area contributed by atoms with Crippen molar-refractivity contribution in [2.45, 2.75) is 19.8 Å². The van der Waals surface area contributed by atoms with E-state index < -0.39 is 0 Å². The van der Waals surface area contributed by atoms with Crippen molar-refractivity contribution in [3.05, 3.63) is 29.6 Å². The van der Waals surface area contributed by atoms with Crippen LogP contribution in [0, 0.1) is 11.7 Å². The molecule has 0 spiro atoms. The van der Waals surface area contributed by atoms with Crippen molar-refractivity contribution in [3.63, 3.8) is 0 Å². The number of halogens is 2. The predicted molar refractivity (Wildman–Crippen MR) is 67.0 cm³/mol. The van der Waals surface area contributed by atoms with Gasteiger partial charge in [0, 0.05) is 24.5 Å². The second-order valence-corrected chi connectivity index (χ2v) is 4.85. The molecule has 1 aromatic carbocycles. The third kappa shape index (κ3) is 2.60. The molecule has 1 amide bonds. The highest BCUT2D eigenvalue weighted by atomic mass is 35.5. The highest BCUT2D eigenvalue weighted by Crippen LogP contribution is 2.29. The lowest BCUT2D eigenvalue weighted by Gasteiger charge is -2.31. The molecule has 2 nitrogen and oxygen atoms in total. The number of anilines is 1. The second-order valence-electron chi connectivity index (χ2n) is 4.54. The maximum atomic E-state index is 13.1. The monoisotopic (exact) mass is 255 g/mol. The Labute approximate surface area is 105 Å². The van der Waals surface area contributed by atoms with Gasteiger partial charge in [-0.05, 0) is 36.1 Å². The highest BCUT2D eigenvalue weighted by molar-refractivity contribution is 6.18. The molecule has 0 saturated heterocycles. The maximum absolute atomic E-state index is 13.1. The summed E-state index contributed by atoms with van der Waals surface area (Å²) in [4.78, 5) is 13.6. The number of nitrogens with zero attached hydrogens (tertiary/aromatic N) is 1. The van der Waals surface area contributed by atoms with Crippen LogP contribution in [-0.4, -0.2) is 18.3 Å². The van der Waals surface area contributed by atoms with E-state index in [-0.39, 0.29) is 17.6 Å². The number of aryl methyl sites for hydroxylation is 1. The lowest BCUT2D eigenvalue weighted by molar-refractivity contribution is -0.119. The molecular weight excluding hydrogens is 241 g/mol. The van der Waals surface area contributed by atoms with Gasteiger partial charge in [-0.1, -0.05) is 6.92 Å². The van der Waals surface area contributed by atoms with Crippen LogP contribution >= 0.6 is 11.6 Å². The van der Waals surface area contributed by atoms with E-state index >= 15 is 0 Å².